The number of nitrogens with zero attached hydrogens (tertiary/aromatic N) is 2. The molecule has 1 heterocycles. The maximum absolute atomic E-state index is 4.49. The monoisotopic (exact) mass is 271 g/mol. The Morgan fingerprint density at radius 3 is 2.87 bits per heavy atom. The minimum absolute atomic E-state index is 0.788. The lowest BCUT2D eigenvalue weighted by Gasteiger charge is -2.05. The van der Waals surface area contributed by atoms with Gasteiger partial charge in [-0.05, 0) is 19.4 Å². The van der Waals surface area contributed by atoms with Gasteiger partial charge in [0.25, 0.3) is 0 Å². The van der Waals surface area contributed by atoms with Crippen molar-refractivity contribution in [2.24, 2.45) is 0 Å². The van der Waals surface area contributed by atoms with Crippen molar-refractivity contribution in [2.75, 3.05) is 6.54 Å². The number of nitrogens with one attached hydrogen (secondary N) is 1. The van der Waals surface area contributed by atoms with Crippen LogP contribution in [0.3, 0.4) is 0 Å². The van der Waals surface area contributed by atoms with E-state index >= 15 is 0 Å². The van der Waals surface area contributed by atoms with Gasteiger partial charge in [-0.1, -0.05) is 29.4 Å². The van der Waals surface area contributed by atoms with Crippen molar-refractivity contribution in [3.63, 3.8) is 0 Å². The fourth-order valence-corrected chi connectivity index (χ4v) is 1.63. The molecule has 0 bridgehead atoms. The van der Waals surface area contributed by atoms with Crippen LogP contribution in [0.25, 0.3) is 0 Å². The van der Waals surface area contributed by atoms with E-state index in [1.807, 2.05) is 4.68 Å². The minimum Gasteiger partial charge on any atom is -0.307 e. The molecule has 0 saturated heterocycles. The highest BCUT2D eigenvalue weighted by atomic mass is 79.9. The van der Waals surface area contributed by atoms with Gasteiger partial charge in [0.05, 0.1) is 11.4 Å². The van der Waals surface area contributed by atoms with E-state index in [9.17, 15) is 0 Å². The van der Waals surface area contributed by atoms with E-state index in [1.165, 1.54) is 5.69 Å². The molecule has 0 aliphatic carbocycles. The van der Waals surface area contributed by atoms with E-state index in [0.717, 1.165) is 36.2 Å². The molecule has 15 heavy (non-hydrogen) atoms. The molecule has 0 fully saturated rings. The first kappa shape index (κ1) is 12.5. The maximum atomic E-state index is 4.49. The lowest BCUT2D eigenvalue weighted by atomic mass is 10.3. The first-order valence-electron chi connectivity index (χ1n) is 5.27. The fraction of sp³-hybridized carbons (Fsp3) is 0.545. The second-order valence-electron chi connectivity index (χ2n) is 3.42. The van der Waals surface area contributed by atoms with Crippen molar-refractivity contribution in [1.29, 1.82) is 0 Å². The molecular formula is C11H18BrN3. The second kappa shape index (κ2) is 6.08. The standard InChI is InChI=1S/C11H18BrN3/c1-4-10-6-11(15(5-2)14-10)8-13-7-9(3)12/h6,13H,3-5,7-8H2,1-2H3. The summed E-state index contributed by atoms with van der Waals surface area (Å²) in [4.78, 5) is 0. The fourth-order valence-electron chi connectivity index (χ4n) is 1.43. The quantitative estimate of drug-likeness (QED) is 0.862. The van der Waals surface area contributed by atoms with E-state index < -0.39 is 0 Å². The third kappa shape index (κ3) is 3.80. The van der Waals surface area contributed by atoms with E-state index in [4.69, 9.17) is 0 Å². The van der Waals surface area contributed by atoms with Crippen molar-refractivity contribution in [1.82, 2.24) is 15.1 Å². The van der Waals surface area contributed by atoms with Gasteiger partial charge in [-0.25, -0.2) is 0 Å². The number of halogens is 1. The molecule has 1 N–H and O–H groups in total. The molecule has 1 rings (SSSR count). The third-order valence-electron chi connectivity index (χ3n) is 2.20. The molecule has 0 aromatic carbocycles. The van der Waals surface area contributed by atoms with Gasteiger partial charge in [0, 0.05) is 24.1 Å². The average Bonchev–Trinajstić information content (AvgIpc) is 2.60. The summed E-state index contributed by atoms with van der Waals surface area (Å²) in [7, 11) is 0. The summed E-state index contributed by atoms with van der Waals surface area (Å²) < 4.78 is 3.02. The maximum Gasteiger partial charge on any atom is 0.0625 e. The molecule has 0 saturated carbocycles. The van der Waals surface area contributed by atoms with E-state index in [2.05, 4.69) is 52.8 Å². The number of rotatable bonds is 6. The molecule has 3 nitrogen and oxygen atoms in total. The molecule has 1 aromatic heterocycles. The van der Waals surface area contributed by atoms with Gasteiger partial charge in [-0.15, -0.1) is 0 Å². The van der Waals surface area contributed by atoms with Crippen molar-refractivity contribution < 1.29 is 0 Å². The van der Waals surface area contributed by atoms with Gasteiger partial charge in [0.15, 0.2) is 0 Å². The van der Waals surface area contributed by atoms with Crippen molar-refractivity contribution >= 4 is 15.9 Å². The molecule has 84 valence electrons. The highest BCUT2D eigenvalue weighted by Gasteiger charge is 2.04. The normalized spacial score (nSPS) is 10.6. The van der Waals surface area contributed by atoms with Crippen LogP contribution in [0, 0.1) is 0 Å². The summed E-state index contributed by atoms with van der Waals surface area (Å²) in [6, 6.07) is 2.16. The molecule has 0 atom stereocenters. The molecule has 0 spiro atoms. The molecule has 4 heteroatoms. The first-order chi connectivity index (χ1) is 7.17. The summed E-state index contributed by atoms with van der Waals surface area (Å²) >= 11 is 3.32. The Balaban J connectivity index is 2.58. The van der Waals surface area contributed by atoms with Crippen molar-refractivity contribution in [3.05, 3.63) is 28.5 Å². The Morgan fingerprint density at radius 1 is 1.60 bits per heavy atom. The number of aryl methyl sites for hydroxylation is 2. The van der Waals surface area contributed by atoms with Gasteiger partial charge < -0.3 is 5.32 Å². The van der Waals surface area contributed by atoms with Gasteiger partial charge in [0.1, 0.15) is 0 Å². The Kier molecular flexibility index (Phi) is 5.05. The predicted molar refractivity (Wildman–Crippen MR) is 67.1 cm³/mol. The lowest BCUT2D eigenvalue weighted by molar-refractivity contribution is 0.590. The van der Waals surface area contributed by atoms with Crippen LogP contribution in [-0.4, -0.2) is 16.3 Å². The summed E-state index contributed by atoms with van der Waals surface area (Å²) in [5, 5.41) is 7.79. The second-order valence-corrected chi connectivity index (χ2v) is 4.54. The zero-order chi connectivity index (χ0) is 11.3. The Hall–Kier alpha value is -0.610. The molecule has 0 unspecified atom stereocenters. The van der Waals surface area contributed by atoms with E-state index in [0.29, 0.717) is 0 Å². The van der Waals surface area contributed by atoms with Crippen LogP contribution in [0.1, 0.15) is 25.2 Å². The van der Waals surface area contributed by atoms with Crippen LogP contribution >= 0.6 is 15.9 Å². The Morgan fingerprint density at radius 2 is 2.33 bits per heavy atom. The van der Waals surface area contributed by atoms with E-state index in [-0.39, 0.29) is 0 Å². The van der Waals surface area contributed by atoms with Crippen LogP contribution in [0.2, 0.25) is 0 Å². The zero-order valence-corrected chi connectivity index (χ0v) is 11.0. The molecule has 0 aliphatic heterocycles. The highest BCUT2D eigenvalue weighted by molar-refractivity contribution is 9.11. The molecule has 0 aliphatic rings. The van der Waals surface area contributed by atoms with E-state index in [1.54, 1.807) is 0 Å². The summed E-state index contributed by atoms with van der Waals surface area (Å²) in [5.41, 5.74) is 2.40. The smallest absolute Gasteiger partial charge is 0.0625 e. The van der Waals surface area contributed by atoms with Gasteiger partial charge in [0.2, 0.25) is 0 Å². The molecule has 1 aromatic rings. The SMILES string of the molecule is C=C(Br)CNCc1cc(CC)nn1CC. The van der Waals surface area contributed by atoms with Gasteiger partial charge >= 0.3 is 0 Å². The van der Waals surface area contributed by atoms with Gasteiger partial charge in [-0.2, -0.15) is 5.10 Å². The van der Waals surface area contributed by atoms with Crippen LogP contribution in [0.5, 0.6) is 0 Å². The van der Waals surface area contributed by atoms with Gasteiger partial charge in [-0.3, -0.25) is 4.68 Å². The number of aromatic nitrogens is 2. The van der Waals surface area contributed by atoms with Crippen molar-refractivity contribution in [2.45, 2.75) is 33.4 Å². The summed E-state index contributed by atoms with van der Waals surface area (Å²) in [5.74, 6) is 0. The summed E-state index contributed by atoms with van der Waals surface area (Å²) in [6.07, 6.45) is 0.991. The number of hydrogen-bond acceptors (Lipinski definition) is 2. The van der Waals surface area contributed by atoms with Crippen LogP contribution < -0.4 is 5.32 Å². The molecule has 0 amide bonds. The largest absolute Gasteiger partial charge is 0.307 e. The number of hydrogen-bond donors (Lipinski definition) is 1. The Labute approximate surface area is 99.7 Å². The minimum atomic E-state index is 0.788. The first-order valence-corrected chi connectivity index (χ1v) is 6.06. The highest BCUT2D eigenvalue weighted by Crippen LogP contribution is 2.06. The summed E-state index contributed by atoms with van der Waals surface area (Å²) in [6.45, 7) is 10.6. The average molecular weight is 272 g/mol. The molecule has 0 radical (unpaired) electrons. The topological polar surface area (TPSA) is 29.9 Å². The third-order valence-corrected chi connectivity index (χ3v) is 2.48. The Bertz CT molecular complexity index is 331. The van der Waals surface area contributed by atoms with Crippen LogP contribution in [-0.2, 0) is 19.5 Å². The molecular weight excluding hydrogens is 254 g/mol. The zero-order valence-electron chi connectivity index (χ0n) is 9.39. The van der Waals surface area contributed by atoms with Crippen LogP contribution in [0.4, 0.5) is 0 Å². The van der Waals surface area contributed by atoms with Crippen molar-refractivity contribution in [3.8, 4) is 0 Å². The predicted octanol–water partition coefficient (Wildman–Crippen LogP) is 2.46. The lowest BCUT2D eigenvalue weighted by Crippen LogP contribution is -2.17. The van der Waals surface area contributed by atoms with Crippen LogP contribution in [0.15, 0.2) is 17.1 Å².